The van der Waals surface area contributed by atoms with Gasteiger partial charge in [-0.15, -0.1) is 0 Å². The fourth-order valence-corrected chi connectivity index (χ4v) is 9.42. The van der Waals surface area contributed by atoms with Crippen molar-refractivity contribution >= 4 is 31.3 Å². The Labute approximate surface area is 240 Å². The summed E-state index contributed by atoms with van der Waals surface area (Å²) in [5, 5.41) is 0.321. The first-order valence-electron chi connectivity index (χ1n) is 13.2. The lowest BCUT2D eigenvalue weighted by Gasteiger charge is -2.50. The van der Waals surface area contributed by atoms with Crippen LogP contribution in [0.15, 0.2) is 41.3 Å². The maximum Gasteiger partial charge on any atom is 0.189 e. The van der Waals surface area contributed by atoms with E-state index >= 15 is 4.39 Å². The van der Waals surface area contributed by atoms with Gasteiger partial charge in [-0.25, -0.2) is 25.6 Å². The van der Waals surface area contributed by atoms with E-state index in [9.17, 15) is 21.2 Å². The van der Waals surface area contributed by atoms with Crippen LogP contribution in [0.1, 0.15) is 45.6 Å². The normalized spacial score (nSPS) is 23.4. The van der Waals surface area contributed by atoms with Crippen LogP contribution in [0.25, 0.3) is 0 Å². The molecule has 4 rings (SSSR count). The molecule has 12 heteroatoms. The quantitative estimate of drug-likeness (QED) is 0.390. The first-order chi connectivity index (χ1) is 18.6. The van der Waals surface area contributed by atoms with Crippen LogP contribution in [0.4, 0.5) is 8.78 Å². The van der Waals surface area contributed by atoms with Gasteiger partial charge in [-0.3, -0.25) is 0 Å². The molecule has 2 heterocycles. The zero-order valence-corrected chi connectivity index (χ0v) is 25.5. The Bertz CT molecular complexity index is 1440. The molecule has 0 bridgehead atoms. The van der Waals surface area contributed by atoms with Gasteiger partial charge in [0, 0.05) is 23.1 Å². The summed E-state index contributed by atoms with van der Waals surface area (Å²) in [4.78, 5) is 1.97. The number of sulfone groups is 2. The van der Waals surface area contributed by atoms with E-state index in [0.717, 1.165) is 12.1 Å². The summed E-state index contributed by atoms with van der Waals surface area (Å²) in [5.41, 5.74) is -0.468. The van der Waals surface area contributed by atoms with Gasteiger partial charge < -0.3 is 14.4 Å². The molecule has 0 radical (unpaired) electrons. The molecule has 1 fully saturated rings. The first-order valence-corrected chi connectivity index (χ1v) is 16.9. The largest absolute Gasteiger partial charge is 0.490 e. The van der Waals surface area contributed by atoms with Crippen LogP contribution in [0, 0.1) is 17.6 Å². The number of halogens is 3. The van der Waals surface area contributed by atoms with Gasteiger partial charge in [0.15, 0.2) is 21.4 Å². The summed E-state index contributed by atoms with van der Waals surface area (Å²) in [5.74, 6) is -3.46. The monoisotopic (exact) mass is 619 g/mol. The Morgan fingerprint density at radius 3 is 2.33 bits per heavy atom. The van der Waals surface area contributed by atoms with E-state index in [1.807, 2.05) is 27.8 Å². The summed E-state index contributed by atoms with van der Waals surface area (Å²) in [7, 11) is -5.91. The molecule has 7 nitrogen and oxygen atoms in total. The summed E-state index contributed by atoms with van der Waals surface area (Å²) in [6.45, 7) is 6.38. The van der Waals surface area contributed by atoms with Gasteiger partial charge in [0.2, 0.25) is 0 Å². The molecular formula is C28H36ClF2NO6S2. The smallest absolute Gasteiger partial charge is 0.189 e. The molecule has 1 saturated heterocycles. The lowest BCUT2D eigenvalue weighted by Crippen LogP contribution is -2.57. The minimum atomic E-state index is -4.36. The van der Waals surface area contributed by atoms with Crippen LogP contribution in [0.2, 0.25) is 5.02 Å². The van der Waals surface area contributed by atoms with Gasteiger partial charge in [0.05, 0.1) is 34.7 Å². The molecule has 2 aliphatic rings. The van der Waals surface area contributed by atoms with Crippen molar-refractivity contribution in [1.82, 2.24) is 4.90 Å². The van der Waals surface area contributed by atoms with Crippen LogP contribution in [-0.4, -0.2) is 71.7 Å². The second-order valence-electron chi connectivity index (χ2n) is 11.5. The molecule has 222 valence electrons. The SMILES string of the molecule is CN(CCCS(=O)(=O)CC[C@@H]1OCC[C@@]2(S(=O)(=O)c3ccc(Cl)cc3)c3c(F)ccc(F)c3OC[C@@H]12)C(C)(C)C. The third-order valence-corrected chi connectivity index (χ3v) is 12.7. The van der Waals surface area contributed by atoms with Crippen LogP contribution in [-0.2, 0) is 29.2 Å². The van der Waals surface area contributed by atoms with E-state index in [2.05, 4.69) is 4.90 Å². The number of rotatable bonds is 9. The third-order valence-electron chi connectivity index (χ3n) is 8.15. The molecular weight excluding hydrogens is 584 g/mol. The summed E-state index contributed by atoms with van der Waals surface area (Å²) >= 11 is 5.99. The molecule has 0 unspecified atom stereocenters. The zero-order chi connectivity index (χ0) is 29.5. The van der Waals surface area contributed by atoms with Crippen molar-refractivity contribution in [1.29, 1.82) is 0 Å². The van der Waals surface area contributed by atoms with Crippen molar-refractivity contribution in [3.63, 3.8) is 0 Å². The van der Waals surface area contributed by atoms with Gasteiger partial charge in [0.1, 0.15) is 20.4 Å². The maximum atomic E-state index is 15.5. The average molecular weight is 620 g/mol. The van der Waals surface area contributed by atoms with Gasteiger partial charge in [-0.05, 0) is 90.0 Å². The number of hydrogen-bond acceptors (Lipinski definition) is 7. The standard InChI is InChI=1S/C28H36ClF2NO6S2/c1-27(2,3)32(4)14-5-16-39(33,34)17-12-24-21-18-38-26-23(31)11-10-22(30)25(26)28(21,13-15-37-24)40(35,36)20-8-6-19(29)7-9-20/h6-11,21,24H,5,12-18H2,1-4H3/t21-,24-,28-/m0/s1. The minimum absolute atomic E-state index is 0.00434. The molecule has 40 heavy (non-hydrogen) atoms. The fraction of sp³-hybridized carbons (Fsp3) is 0.571. The number of ether oxygens (including phenoxy) is 2. The number of hydrogen-bond donors (Lipinski definition) is 0. The lowest BCUT2D eigenvalue weighted by atomic mass is 9.75. The Morgan fingerprint density at radius 2 is 1.68 bits per heavy atom. The van der Waals surface area contributed by atoms with E-state index in [0.29, 0.717) is 18.0 Å². The fourth-order valence-electron chi connectivity index (χ4n) is 5.59. The Morgan fingerprint density at radius 1 is 1.02 bits per heavy atom. The predicted molar refractivity (Wildman–Crippen MR) is 150 cm³/mol. The van der Waals surface area contributed by atoms with Crippen LogP contribution in [0.3, 0.4) is 0 Å². The zero-order valence-electron chi connectivity index (χ0n) is 23.1. The van der Waals surface area contributed by atoms with Crippen LogP contribution >= 0.6 is 11.6 Å². The van der Waals surface area contributed by atoms with Crippen LogP contribution < -0.4 is 4.74 Å². The first kappa shape index (κ1) is 31.2. The van der Waals surface area contributed by atoms with Crippen molar-refractivity contribution in [2.24, 2.45) is 5.92 Å². The van der Waals surface area contributed by atoms with Gasteiger partial charge in [-0.2, -0.15) is 0 Å². The lowest BCUT2D eigenvalue weighted by molar-refractivity contribution is -0.0732. The molecule has 0 aromatic heterocycles. The number of fused-ring (bicyclic) bond motifs is 3. The molecule has 0 aliphatic carbocycles. The van der Waals surface area contributed by atoms with Gasteiger partial charge >= 0.3 is 0 Å². The summed E-state index contributed by atoms with van der Waals surface area (Å²) in [6.07, 6.45) is -0.586. The van der Waals surface area contributed by atoms with Gasteiger partial charge in [0.25, 0.3) is 0 Å². The second kappa shape index (κ2) is 11.5. The molecule has 0 saturated carbocycles. The number of benzene rings is 2. The molecule has 2 aromatic rings. The third kappa shape index (κ3) is 5.90. The van der Waals surface area contributed by atoms with Crippen molar-refractivity contribution < 1.29 is 35.1 Å². The highest BCUT2D eigenvalue weighted by Crippen LogP contribution is 2.56. The Kier molecular flexibility index (Phi) is 8.94. The maximum absolute atomic E-state index is 15.5. The predicted octanol–water partition coefficient (Wildman–Crippen LogP) is 5.01. The minimum Gasteiger partial charge on any atom is -0.490 e. The van der Waals surface area contributed by atoms with Crippen molar-refractivity contribution in [2.45, 2.75) is 61.3 Å². The van der Waals surface area contributed by atoms with Crippen molar-refractivity contribution in [2.75, 3.05) is 38.3 Å². The van der Waals surface area contributed by atoms with E-state index in [1.54, 1.807) is 0 Å². The molecule has 0 amide bonds. The van der Waals surface area contributed by atoms with Gasteiger partial charge in [-0.1, -0.05) is 11.6 Å². The Balaban J connectivity index is 1.66. The molecule has 2 aromatic carbocycles. The van der Waals surface area contributed by atoms with Crippen molar-refractivity contribution in [3.8, 4) is 5.75 Å². The highest BCUT2D eigenvalue weighted by Gasteiger charge is 2.61. The molecule has 3 atom stereocenters. The van der Waals surface area contributed by atoms with E-state index in [-0.39, 0.29) is 53.6 Å². The van der Waals surface area contributed by atoms with Crippen LogP contribution in [0.5, 0.6) is 5.75 Å². The second-order valence-corrected chi connectivity index (χ2v) is 16.5. The molecule has 2 aliphatic heterocycles. The average Bonchev–Trinajstić information content (AvgIpc) is 2.88. The van der Waals surface area contributed by atoms with Crippen molar-refractivity contribution in [3.05, 3.63) is 58.6 Å². The highest BCUT2D eigenvalue weighted by molar-refractivity contribution is 7.92. The van der Waals surface area contributed by atoms with E-state index < -0.39 is 53.8 Å². The van der Waals surface area contributed by atoms with E-state index in [1.165, 1.54) is 24.3 Å². The summed E-state index contributed by atoms with van der Waals surface area (Å²) in [6, 6.07) is 7.30. The molecule has 0 spiro atoms. The van der Waals surface area contributed by atoms with E-state index in [4.69, 9.17) is 21.1 Å². The highest BCUT2D eigenvalue weighted by atomic mass is 35.5. The number of nitrogens with zero attached hydrogens (tertiary/aromatic N) is 1. The molecule has 0 N–H and O–H groups in total. The topological polar surface area (TPSA) is 90.0 Å². The Hall–Kier alpha value is -1.79. The summed E-state index contributed by atoms with van der Waals surface area (Å²) < 4.78 is 94.6.